The van der Waals surface area contributed by atoms with Gasteiger partial charge in [0.25, 0.3) is 0 Å². The first-order valence-corrected chi connectivity index (χ1v) is 11.5. The average molecular weight is 442 g/mol. The number of amides is 1. The fraction of sp³-hybridized carbons (Fsp3) is 0.500. The van der Waals surface area contributed by atoms with E-state index in [9.17, 15) is 15.0 Å². The minimum Gasteiger partial charge on any atom is -0.508 e. The topological polar surface area (TPSA) is 84.8 Å². The third-order valence-electron chi connectivity index (χ3n) is 5.70. The van der Waals surface area contributed by atoms with E-state index in [1.165, 1.54) is 0 Å². The summed E-state index contributed by atoms with van der Waals surface area (Å²) < 4.78 is 0. The Kier molecular flexibility index (Phi) is 10.2. The molecule has 0 saturated carbocycles. The molecular weight excluding hydrogens is 402 g/mol. The van der Waals surface area contributed by atoms with Crippen LogP contribution in [0.1, 0.15) is 50.5 Å². The van der Waals surface area contributed by atoms with E-state index in [2.05, 4.69) is 55.4 Å². The number of rotatable bonds is 13. The van der Waals surface area contributed by atoms with Gasteiger partial charge in [-0.15, -0.1) is 0 Å². The van der Waals surface area contributed by atoms with Gasteiger partial charge in [-0.2, -0.15) is 0 Å². The third kappa shape index (κ3) is 8.99. The Morgan fingerprint density at radius 2 is 1.72 bits per heavy atom. The number of aliphatic hydroxyl groups excluding tert-OH is 1. The fourth-order valence-electron chi connectivity index (χ4n) is 3.75. The summed E-state index contributed by atoms with van der Waals surface area (Å²) in [7, 11) is 0. The lowest BCUT2D eigenvalue weighted by Crippen LogP contribution is -2.43. The van der Waals surface area contributed by atoms with E-state index in [1.807, 2.05) is 12.1 Å². The summed E-state index contributed by atoms with van der Waals surface area (Å²) in [6.07, 6.45) is 0.493. The van der Waals surface area contributed by atoms with E-state index in [0.29, 0.717) is 19.5 Å². The van der Waals surface area contributed by atoms with Crippen LogP contribution in [0.4, 0.5) is 0 Å². The number of aliphatic hydroxyl groups is 1. The summed E-state index contributed by atoms with van der Waals surface area (Å²) in [6.45, 7) is 12.4. The first-order valence-electron chi connectivity index (χ1n) is 11.5. The van der Waals surface area contributed by atoms with Crippen LogP contribution >= 0.6 is 0 Å². The van der Waals surface area contributed by atoms with Crippen molar-refractivity contribution in [1.82, 2.24) is 15.5 Å². The number of benzene rings is 2. The summed E-state index contributed by atoms with van der Waals surface area (Å²) in [5.74, 6) is 0.232. The Balaban J connectivity index is 1.84. The second-order valence-electron chi connectivity index (χ2n) is 8.92. The highest BCUT2D eigenvalue weighted by Gasteiger charge is 2.20. The van der Waals surface area contributed by atoms with Gasteiger partial charge in [0, 0.05) is 25.2 Å². The molecule has 0 saturated heterocycles. The highest BCUT2D eigenvalue weighted by molar-refractivity contribution is 5.78. The molecule has 1 unspecified atom stereocenters. The van der Waals surface area contributed by atoms with Crippen LogP contribution in [0.2, 0.25) is 0 Å². The van der Waals surface area contributed by atoms with Crippen molar-refractivity contribution >= 4 is 5.91 Å². The molecule has 2 rings (SSSR count). The van der Waals surface area contributed by atoms with Gasteiger partial charge in [-0.25, -0.2) is 0 Å². The van der Waals surface area contributed by atoms with E-state index >= 15 is 0 Å². The van der Waals surface area contributed by atoms with Crippen LogP contribution in [0.15, 0.2) is 48.5 Å². The van der Waals surface area contributed by atoms with E-state index in [0.717, 1.165) is 42.7 Å². The first-order chi connectivity index (χ1) is 15.2. The van der Waals surface area contributed by atoms with E-state index in [4.69, 9.17) is 0 Å². The molecule has 0 spiro atoms. The number of likely N-dealkylation sites (N-methyl/N-ethyl adjacent to an activating group) is 1. The van der Waals surface area contributed by atoms with Crippen LogP contribution in [0, 0.1) is 0 Å². The van der Waals surface area contributed by atoms with Crippen molar-refractivity contribution in [3.63, 3.8) is 0 Å². The lowest BCUT2D eigenvalue weighted by molar-refractivity contribution is -0.120. The Bertz CT molecular complexity index is 832. The molecule has 0 aromatic heterocycles. The van der Waals surface area contributed by atoms with Crippen molar-refractivity contribution < 1.29 is 15.0 Å². The predicted octanol–water partition coefficient (Wildman–Crippen LogP) is 3.04. The molecule has 2 aromatic carbocycles. The second kappa shape index (κ2) is 12.6. The number of phenolic OH excluding ortho intramolecular Hbond substituents is 1. The lowest BCUT2D eigenvalue weighted by Gasteiger charge is -2.28. The minimum atomic E-state index is -0.652. The molecule has 6 nitrogen and oxygen atoms in total. The second-order valence-corrected chi connectivity index (χ2v) is 8.92. The molecule has 2 aromatic rings. The number of hydrogen-bond donors (Lipinski definition) is 4. The molecule has 32 heavy (non-hydrogen) atoms. The summed E-state index contributed by atoms with van der Waals surface area (Å²) in [5, 5.41) is 26.3. The van der Waals surface area contributed by atoms with Crippen LogP contribution in [-0.2, 0) is 17.6 Å². The molecule has 0 aliphatic carbocycles. The molecule has 0 aliphatic heterocycles. The van der Waals surface area contributed by atoms with Crippen molar-refractivity contribution in [2.75, 3.05) is 32.7 Å². The monoisotopic (exact) mass is 441 g/mol. The third-order valence-corrected chi connectivity index (χ3v) is 5.70. The van der Waals surface area contributed by atoms with Gasteiger partial charge in [0.15, 0.2) is 0 Å². The Morgan fingerprint density at radius 3 is 2.38 bits per heavy atom. The highest BCUT2D eigenvalue weighted by Crippen LogP contribution is 2.19. The number of phenols is 1. The van der Waals surface area contributed by atoms with Gasteiger partial charge in [0.2, 0.25) is 5.91 Å². The summed E-state index contributed by atoms with van der Waals surface area (Å²) >= 11 is 0. The predicted molar refractivity (Wildman–Crippen MR) is 130 cm³/mol. The molecule has 176 valence electrons. The van der Waals surface area contributed by atoms with E-state index in [-0.39, 0.29) is 17.2 Å². The zero-order chi connectivity index (χ0) is 23.6. The number of carbonyl (C=O) groups excluding carboxylic acids is 1. The van der Waals surface area contributed by atoms with Crippen LogP contribution in [0.25, 0.3) is 0 Å². The maximum atomic E-state index is 12.3. The molecule has 0 fully saturated rings. The average Bonchev–Trinajstić information content (AvgIpc) is 2.75. The minimum absolute atomic E-state index is 0.0451. The first kappa shape index (κ1) is 25.8. The van der Waals surface area contributed by atoms with Gasteiger partial charge in [0.05, 0.1) is 12.5 Å². The normalized spacial score (nSPS) is 12.7. The molecular formula is C26H39N3O3. The van der Waals surface area contributed by atoms with Gasteiger partial charge >= 0.3 is 0 Å². The van der Waals surface area contributed by atoms with Gasteiger partial charge < -0.3 is 25.7 Å². The van der Waals surface area contributed by atoms with Crippen molar-refractivity contribution in [2.24, 2.45) is 0 Å². The van der Waals surface area contributed by atoms with Crippen LogP contribution < -0.4 is 10.6 Å². The number of hydrogen-bond acceptors (Lipinski definition) is 5. The van der Waals surface area contributed by atoms with Crippen LogP contribution in [-0.4, -0.2) is 59.3 Å². The Hall–Kier alpha value is -2.41. The zero-order valence-electron chi connectivity index (χ0n) is 19.9. The molecule has 0 radical (unpaired) electrons. The number of aromatic hydroxyl groups is 1. The molecule has 0 heterocycles. The number of carbonyl (C=O) groups is 1. The van der Waals surface area contributed by atoms with E-state index < -0.39 is 6.10 Å². The van der Waals surface area contributed by atoms with Crippen molar-refractivity contribution in [3.05, 3.63) is 65.2 Å². The maximum Gasteiger partial charge on any atom is 0.224 e. The Morgan fingerprint density at radius 1 is 1.06 bits per heavy atom. The maximum absolute atomic E-state index is 12.3. The van der Waals surface area contributed by atoms with Crippen molar-refractivity contribution in [1.29, 1.82) is 0 Å². The molecule has 1 atom stereocenters. The largest absolute Gasteiger partial charge is 0.508 e. The SMILES string of the molecule is CCN(CC)CCNC(=O)Cc1cccc(CC(C)(C)NCC(O)c2ccc(O)cc2)c1. The lowest BCUT2D eigenvalue weighted by atomic mass is 9.93. The molecule has 0 bridgehead atoms. The number of β-amino-alcohol motifs (C(OH)–C–C–N with tert-alkyl or cyclic N) is 1. The molecule has 0 aliphatic rings. The van der Waals surface area contributed by atoms with Crippen molar-refractivity contribution in [2.45, 2.75) is 52.2 Å². The highest BCUT2D eigenvalue weighted by atomic mass is 16.3. The van der Waals surface area contributed by atoms with Crippen molar-refractivity contribution in [3.8, 4) is 5.75 Å². The van der Waals surface area contributed by atoms with Gasteiger partial charge in [-0.1, -0.05) is 50.2 Å². The molecule has 6 heteroatoms. The molecule has 1 amide bonds. The standard InChI is InChI=1S/C26H39N3O3/c1-5-29(6-2)15-14-27-25(32)17-20-8-7-9-21(16-20)18-26(3,4)28-19-24(31)22-10-12-23(30)13-11-22/h7-13,16,24,28,30-31H,5-6,14-15,17-19H2,1-4H3,(H,27,32). The smallest absolute Gasteiger partial charge is 0.224 e. The summed E-state index contributed by atoms with van der Waals surface area (Å²) in [5.41, 5.74) is 2.68. The van der Waals surface area contributed by atoms with Gasteiger partial charge in [-0.3, -0.25) is 4.79 Å². The van der Waals surface area contributed by atoms with Crippen LogP contribution in [0.3, 0.4) is 0 Å². The van der Waals surface area contributed by atoms with Gasteiger partial charge in [-0.05, 0) is 62.2 Å². The zero-order valence-corrected chi connectivity index (χ0v) is 19.9. The Labute approximate surface area is 192 Å². The number of nitrogens with zero attached hydrogens (tertiary/aromatic N) is 1. The van der Waals surface area contributed by atoms with Gasteiger partial charge in [0.1, 0.15) is 5.75 Å². The van der Waals surface area contributed by atoms with E-state index in [1.54, 1.807) is 24.3 Å². The fourth-order valence-corrected chi connectivity index (χ4v) is 3.75. The van der Waals surface area contributed by atoms with Crippen LogP contribution in [0.5, 0.6) is 5.75 Å². The molecule has 4 N–H and O–H groups in total. The quantitative estimate of drug-likeness (QED) is 0.384. The summed E-state index contributed by atoms with van der Waals surface area (Å²) in [4.78, 5) is 14.6. The summed E-state index contributed by atoms with van der Waals surface area (Å²) in [6, 6.07) is 14.8. The number of nitrogens with one attached hydrogen (secondary N) is 2.